The number of amides is 1. The minimum Gasteiger partial charge on any atom is -0.473 e. The van der Waals surface area contributed by atoms with E-state index >= 15 is 0 Å². The van der Waals surface area contributed by atoms with E-state index in [2.05, 4.69) is 10.6 Å². The van der Waals surface area contributed by atoms with Gasteiger partial charge in [0.25, 0.3) is 0 Å². The summed E-state index contributed by atoms with van der Waals surface area (Å²) in [6, 6.07) is 11.8. The molecule has 12 heteroatoms. The van der Waals surface area contributed by atoms with Gasteiger partial charge in [-0.1, -0.05) is 12.1 Å². The van der Waals surface area contributed by atoms with Gasteiger partial charge in [-0.15, -0.1) is 0 Å². The number of rotatable bonds is 7. The van der Waals surface area contributed by atoms with Crippen LogP contribution in [0.4, 0.5) is 10.1 Å². The number of nitrogens with two attached hydrogens (primary N) is 1. The number of nitrogens with one attached hydrogen (secondary N) is 2. The van der Waals surface area contributed by atoms with E-state index < -0.39 is 22.0 Å². The number of primary sulfonamides is 1. The maximum absolute atomic E-state index is 12.8. The average molecular weight is 441 g/mol. The molecule has 0 heterocycles. The molecule has 30 heavy (non-hydrogen) atoms. The number of carboxylic acid groups (broad SMARTS) is 2. The molecule has 2 rings (SSSR count). The van der Waals surface area contributed by atoms with Crippen LogP contribution in [0.1, 0.15) is 5.56 Å². The summed E-state index contributed by atoms with van der Waals surface area (Å²) in [4.78, 5) is 30.0. The van der Waals surface area contributed by atoms with Crippen molar-refractivity contribution < 1.29 is 37.4 Å². The van der Waals surface area contributed by atoms with Crippen molar-refractivity contribution in [2.45, 2.75) is 11.3 Å². The van der Waals surface area contributed by atoms with Crippen LogP contribution in [-0.4, -0.2) is 49.6 Å². The normalized spacial score (nSPS) is 10.5. The second-order valence-electron chi connectivity index (χ2n) is 5.78. The summed E-state index contributed by atoms with van der Waals surface area (Å²) >= 11 is 0. The molecule has 0 fully saturated rings. The quantitative estimate of drug-likeness (QED) is 0.303. The van der Waals surface area contributed by atoms with Gasteiger partial charge >= 0.3 is 11.9 Å². The van der Waals surface area contributed by atoms with E-state index in [9.17, 15) is 17.6 Å². The number of carbonyl (C=O) groups excluding carboxylic acids is 1. The van der Waals surface area contributed by atoms with Crippen molar-refractivity contribution in [3.63, 3.8) is 0 Å². The van der Waals surface area contributed by atoms with Crippen LogP contribution in [-0.2, 0) is 30.8 Å². The summed E-state index contributed by atoms with van der Waals surface area (Å²) in [5.74, 6) is -4.18. The number of carbonyl (C=O) groups is 3. The summed E-state index contributed by atoms with van der Waals surface area (Å²) in [5.41, 5.74) is 1.45. The Balaban J connectivity index is 0.000000656. The lowest BCUT2D eigenvalue weighted by molar-refractivity contribution is -0.159. The van der Waals surface area contributed by atoms with Gasteiger partial charge in [-0.05, 0) is 54.9 Å². The molecule has 2 aromatic rings. The number of benzene rings is 2. The van der Waals surface area contributed by atoms with E-state index in [0.717, 1.165) is 5.56 Å². The van der Waals surface area contributed by atoms with Crippen molar-refractivity contribution in [1.82, 2.24) is 5.32 Å². The Hall–Kier alpha value is -3.35. The smallest absolute Gasteiger partial charge is 0.414 e. The molecule has 0 unspecified atom stereocenters. The fraction of sp³-hybridized carbons (Fsp3) is 0.167. The van der Waals surface area contributed by atoms with Gasteiger partial charge in [0.15, 0.2) is 0 Å². The van der Waals surface area contributed by atoms with E-state index in [1.807, 2.05) is 0 Å². The van der Waals surface area contributed by atoms with Crippen LogP contribution in [0.15, 0.2) is 53.4 Å². The van der Waals surface area contributed by atoms with Gasteiger partial charge in [0, 0.05) is 5.69 Å². The number of sulfonamides is 1. The second kappa shape index (κ2) is 11.6. The van der Waals surface area contributed by atoms with Crippen LogP contribution in [0.2, 0.25) is 0 Å². The van der Waals surface area contributed by atoms with E-state index in [1.165, 1.54) is 36.4 Å². The standard InChI is InChI=1S/C16H18FN3O3S.C2H2O4/c17-13-3-1-12(2-4-13)9-10-19-11-16(21)20-14-5-7-15(8-6-14)24(18,22)23;3-1(4)2(5)6/h1-8,19H,9-11H2,(H,20,21)(H2,18,22,23);(H,3,4)(H,5,6). The number of halogens is 1. The van der Waals surface area contributed by atoms with Crippen LogP contribution >= 0.6 is 0 Å². The Labute approximate surface area is 171 Å². The van der Waals surface area contributed by atoms with Gasteiger partial charge < -0.3 is 20.8 Å². The van der Waals surface area contributed by atoms with Gasteiger partial charge in [0.05, 0.1) is 11.4 Å². The minimum absolute atomic E-state index is 0.0158. The van der Waals surface area contributed by atoms with Gasteiger partial charge in [-0.25, -0.2) is 27.5 Å². The first-order chi connectivity index (χ1) is 14.0. The third-order valence-electron chi connectivity index (χ3n) is 3.44. The van der Waals surface area contributed by atoms with Gasteiger partial charge in [0.1, 0.15) is 5.82 Å². The summed E-state index contributed by atoms with van der Waals surface area (Å²) in [6.45, 7) is 0.682. The lowest BCUT2D eigenvalue weighted by atomic mass is 10.1. The predicted molar refractivity (Wildman–Crippen MR) is 105 cm³/mol. The number of hydrogen-bond acceptors (Lipinski definition) is 6. The molecule has 2 aromatic carbocycles. The molecule has 0 aliphatic carbocycles. The molecule has 0 atom stereocenters. The predicted octanol–water partition coefficient (Wildman–Crippen LogP) is 0.399. The van der Waals surface area contributed by atoms with Crippen LogP contribution in [0, 0.1) is 5.82 Å². The molecule has 0 bridgehead atoms. The molecule has 10 nitrogen and oxygen atoms in total. The third kappa shape index (κ3) is 9.73. The van der Waals surface area contributed by atoms with E-state index in [0.29, 0.717) is 18.7 Å². The molecule has 162 valence electrons. The molecular weight excluding hydrogens is 421 g/mol. The Kier molecular flexibility index (Phi) is 9.55. The van der Waals surface area contributed by atoms with Gasteiger partial charge in [-0.3, -0.25) is 4.79 Å². The summed E-state index contributed by atoms with van der Waals surface area (Å²) in [7, 11) is -3.74. The Morgan fingerprint density at radius 3 is 1.93 bits per heavy atom. The number of hydrogen-bond donors (Lipinski definition) is 5. The topological polar surface area (TPSA) is 176 Å². The highest BCUT2D eigenvalue weighted by molar-refractivity contribution is 7.89. The number of carboxylic acids is 2. The fourth-order valence-electron chi connectivity index (χ4n) is 2.02. The summed E-state index contributed by atoms with van der Waals surface area (Å²) < 4.78 is 35.0. The Morgan fingerprint density at radius 1 is 0.933 bits per heavy atom. The largest absolute Gasteiger partial charge is 0.473 e. The molecule has 0 radical (unpaired) electrons. The van der Waals surface area contributed by atoms with Crippen LogP contribution < -0.4 is 15.8 Å². The molecule has 1 amide bonds. The minimum atomic E-state index is -3.74. The number of aliphatic carboxylic acids is 2. The van der Waals surface area contributed by atoms with Crippen molar-refractivity contribution in [3.05, 3.63) is 59.9 Å². The molecule has 0 aromatic heterocycles. The highest BCUT2D eigenvalue weighted by atomic mass is 32.2. The highest BCUT2D eigenvalue weighted by Gasteiger charge is 2.08. The van der Waals surface area contributed by atoms with E-state index in [-0.39, 0.29) is 23.2 Å². The van der Waals surface area contributed by atoms with Crippen molar-refractivity contribution in [2.75, 3.05) is 18.4 Å². The van der Waals surface area contributed by atoms with Crippen molar-refractivity contribution in [1.29, 1.82) is 0 Å². The molecule has 0 aliphatic heterocycles. The zero-order valence-electron chi connectivity index (χ0n) is 15.5. The number of anilines is 1. The molecule has 0 saturated heterocycles. The summed E-state index contributed by atoms with van der Waals surface area (Å²) in [6.07, 6.45) is 0.677. The highest BCUT2D eigenvalue weighted by Crippen LogP contribution is 2.12. The third-order valence-corrected chi connectivity index (χ3v) is 4.37. The molecule has 0 spiro atoms. The monoisotopic (exact) mass is 441 g/mol. The summed E-state index contributed by atoms with van der Waals surface area (Å²) in [5, 5.41) is 25.4. The first kappa shape index (κ1) is 24.7. The fourth-order valence-corrected chi connectivity index (χ4v) is 2.53. The van der Waals surface area contributed by atoms with Crippen molar-refractivity contribution in [2.24, 2.45) is 5.14 Å². The first-order valence-electron chi connectivity index (χ1n) is 8.33. The Morgan fingerprint density at radius 2 is 1.47 bits per heavy atom. The SMILES string of the molecule is NS(=O)(=O)c1ccc(NC(=O)CNCCc2ccc(F)cc2)cc1.O=C(O)C(=O)O. The van der Waals surface area contributed by atoms with Gasteiger partial charge in [0.2, 0.25) is 15.9 Å². The molecule has 0 aliphatic rings. The zero-order valence-corrected chi connectivity index (χ0v) is 16.4. The lowest BCUT2D eigenvalue weighted by Gasteiger charge is -2.07. The van der Waals surface area contributed by atoms with Crippen molar-refractivity contribution in [3.8, 4) is 0 Å². The van der Waals surface area contributed by atoms with Crippen LogP contribution in [0.5, 0.6) is 0 Å². The van der Waals surface area contributed by atoms with Gasteiger partial charge in [-0.2, -0.15) is 0 Å². The average Bonchev–Trinajstić information content (AvgIpc) is 2.67. The van der Waals surface area contributed by atoms with E-state index in [1.54, 1.807) is 12.1 Å². The van der Waals surface area contributed by atoms with Crippen molar-refractivity contribution >= 4 is 33.6 Å². The first-order valence-corrected chi connectivity index (χ1v) is 9.87. The Bertz CT molecular complexity index is 966. The molecule has 0 saturated carbocycles. The van der Waals surface area contributed by atoms with E-state index in [4.69, 9.17) is 24.9 Å². The van der Waals surface area contributed by atoms with Crippen LogP contribution in [0.3, 0.4) is 0 Å². The zero-order chi connectivity index (χ0) is 22.7. The molecular formula is C18H20FN3O7S. The maximum atomic E-state index is 12.8. The lowest BCUT2D eigenvalue weighted by Crippen LogP contribution is -2.29. The second-order valence-corrected chi connectivity index (χ2v) is 7.34. The molecule has 6 N–H and O–H groups in total. The maximum Gasteiger partial charge on any atom is 0.414 e. The van der Waals surface area contributed by atoms with Crippen LogP contribution in [0.25, 0.3) is 0 Å².